The monoisotopic (exact) mass is 281 g/mol. The molecule has 0 bridgehead atoms. The van der Waals surface area contributed by atoms with E-state index in [4.69, 9.17) is 9.47 Å². The highest BCUT2D eigenvalue weighted by Gasteiger charge is 2.47. The third kappa shape index (κ3) is 2.02. The van der Waals surface area contributed by atoms with Crippen LogP contribution in [-0.4, -0.2) is 58.4 Å². The van der Waals surface area contributed by atoms with Crippen LogP contribution < -0.4 is 5.32 Å². The van der Waals surface area contributed by atoms with Crippen molar-refractivity contribution in [2.45, 2.75) is 38.2 Å². The average molecular weight is 281 g/mol. The molecular weight excluding hydrogens is 262 g/mol. The molecule has 2 aliphatic heterocycles. The van der Waals surface area contributed by atoms with Crippen LogP contribution in [0, 0.1) is 13.8 Å². The van der Waals surface area contributed by atoms with Crippen molar-refractivity contribution in [2.24, 2.45) is 7.05 Å². The summed E-state index contributed by atoms with van der Waals surface area (Å²) in [5.74, 6) is -0.190. The largest absolute Gasteiger partial charge is 0.388 e. The number of carbonyl (C=O) groups excluding carboxylic acids is 1. The number of amides is 1. The summed E-state index contributed by atoms with van der Waals surface area (Å²) >= 11 is 0. The van der Waals surface area contributed by atoms with E-state index in [0.29, 0.717) is 12.3 Å². The number of ether oxygens (including phenoxy) is 2. The molecule has 0 spiro atoms. The molecule has 1 aromatic heterocycles. The zero-order chi connectivity index (χ0) is 14.4. The van der Waals surface area contributed by atoms with Crippen molar-refractivity contribution in [1.29, 1.82) is 0 Å². The number of hydrogen-bond donors (Lipinski definition) is 2. The zero-order valence-electron chi connectivity index (χ0n) is 11.8. The fraction of sp³-hybridized carbons (Fsp3) is 0.692. The van der Waals surface area contributed by atoms with E-state index in [-0.39, 0.29) is 30.8 Å². The molecule has 2 aliphatic rings. The molecule has 1 amide bonds. The van der Waals surface area contributed by atoms with E-state index in [1.807, 2.05) is 13.8 Å². The third-order valence-electron chi connectivity index (χ3n) is 4.08. The van der Waals surface area contributed by atoms with Crippen molar-refractivity contribution < 1.29 is 19.4 Å². The Labute approximate surface area is 116 Å². The molecule has 0 aliphatic carbocycles. The van der Waals surface area contributed by atoms with Crippen LogP contribution in [0.3, 0.4) is 0 Å². The first-order valence-corrected chi connectivity index (χ1v) is 6.71. The minimum Gasteiger partial charge on any atom is -0.388 e. The molecular formula is C13H19N3O4. The van der Waals surface area contributed by atoms with Gasteiger partial charge < -0.3 is 19.9 Å². The summed E-state index contributed by atoms with van der Waals surface area (Å²) in [7, 11) is 1.75. The lowest BCUT2D eigenvalue weighted by molar-refractivity contribution is 0.0178. The second kappa shape index (κ2) is 4.83. The van der Waals surface area contributed by atoms with Crippen LogP contribution in [0.4, 0.5) is 0 Å². The molecule has 20 heavy (non-hydrogen) atoms. The molecule has 7 nitrogen and oxygen atoms in total. The first-order valence-electron chi connectivity index (χ1n) is 6.71. The van der Waals surface area contributed by atoms with Gasteiger partial charge >= 0.3 is 0 Å². The summed E-state index contributed by atoms with van der Waals surface area (Å²) in [4.78, 5) is 12.4. The van der Waals surface area contributed by atoms with Gasteiger partial charge in [-0.2, -0.15) is 5.10 Å². The van der Waals surface area contributed by atoms with Crippen LogP contribution in [0.25, 0.3) is 0 Å². The van der Waals surface area contributed by atoms with E-state index in [1.54, 1.807) is 11.7 Å². The topological polar surface area (TPSA) is 85.6 Å². The molecule has 3 heterocycles. The normalized spacial score (nSPS) is 32.4. The number of carbonyl (C=O) groups is 1. The molecule has 0 saturated carbocycles. The zero-order valence-corrected chi connectivity index (χ0v) is 11.8. The highest BCUT2D eigenvalue weighted by atomic mass is 16.6. The van der Waals surface area contributed by atoms with Gasteiger partial charge in [0.25, 0.3) is 5.91 Å². The van der Waals surface area contributed by atoms with Gasteiger partial charge in [-0.25, -0.2) is 0 Å². The number of nitrogens with zero attached hydrogens (tertiary/aromatic N) is 2. The maximum absolute atomic E-state index is 12.4. The Bertz CT molecular complexity index is 542. The van der Waals surface area contributed by atoms with Crippen molar-refractivity contribution in [3.63, 3.8) is 0 Å². The SMILES string of the molecule is Cc1nn(C)c(C(=O)N[C@H]2CO[C@H]3[C@@H]2OC[C@@H]3O)c1C. The van der Waals surface area contributed by atoms with Crippen molar-refractivity contribution in [1.82, 2.24) is 15.1 Å². The Morgan fingerprint density at radius 3 is 2.70 bits per heavy atom. The van der Waals surface area contributed by atoms with E-state index < -0.39 is 6.10 Å². The highest BCUT2D eigenvalue weighted by Crippen LogP contribution is 2.27. The van der Waals surface area contributed by atoms with Gasteiger partial charge in [0.2, 0.25) is 0 Å². The maximum atomic E-state index is 12.4. The number of aliphatic hydroxyl groups excluding tert-OH is 1. The molecule has 0 radical (unpaired) electrons. The van der Waals surface area contributed by atoms with E-state index in [1.165, 1.54) is 0 Å². The maximum Gasteiger partial charge on any atom is 0.270 e. The van der Waals surface area contributed by atoms with Gasteiger partial charge in [-0.3, -0.25) is 9.48 Å². The molecule has 4 atom stereocenters. The molecule has 1 aromatic rings. The smallest absolute Gasteiger partial charge is 0.270 e. The Balaban J connectivity index is 1.74. The van der Waals surface area contributed by atoms with Crippen LogP contribution in [0.5, 0.6) is 0 Å². The van der Waals surface area contributed by atoms with E-state index in [2.05, 4.69) is 10.4 Å². The minimum absolute atomic E-state index is 0.190. The van der Waals surface area contributed by atoms with Crippen LogP contribution >= 0.6 is 0 Å². The lowest BCUT2D eigenvalue weighted by Crippen LogP contribution is -2.44. The predicted octanol–water partition coefficient (Wildman–Crippen LogP) is -0.706. The Morgan fingerprint density at radius 2 is 2.05 bits per heavy atom. The Kier molecular flexibility index (Phi) is 3.27. The van der Waals surface area contributed by atoms with Crippen molar-refractivity contribution >= 4 is 5.91 Å². The third-order valence-corrected chi connectivity index (χ3v) is 4.08. The second-order valence-electron chi connectivity index (χ2n) is 5.43. The fourth-order valence-electron chi connectivity index (χ4n) is 2.92. The number of aromatic nitrogens is 2. The van der Waals surface area contributed by atoms with Crippen molar-refractivity contribution in [3.05, 3.63) is 17.0 Å². The lowest BCUT2D eigenvalue weighted by Gasteiger charge is -2.17. The van der Waals surface area contributed by atoms with Gasteiger partial charge in [-0.05, 0) is 13.8 Å². The highest BCUT2D eigenvalue weighted by molar-refractivity contribution is 5.94. The Morgan fingerprint density at radius 1 is 1.35 bits per heavy atom. The van der Waals surface area contributed by atoms with Gasteiger partial charge in [0.05, 0.1) is 24.9 Å². The molecule has 0 aromatic carbocycles. The summed E-state index contributed by atoms with van der Waals surface area (Å²) in [6.45, 7) is 4.36. The van der Waals surface area contributed by atoms with E-state index >= 15 is 0 Å². The first kappa shape index (κ1) is 13.5. The Hall–Kier alpha value is -1.44. The minimum atomic E-state index is -0.609. The van der Waals surface area contributed by atoms with Crippen molar-refractivity contribution in [2.75, 3.05) is 13.2 Å². The summed E-state index contributed by atoms with van der Waals surface area (Å²) in [6, 6.07) is -0.237. The van der Waals surface area contributed by atoms with E-state index in [9.17, 15) is 9.90 Å². The van der Waals surface area contributed by atoms with Crippen LogP contribution in [0.2, 0.25) is 0 Å². The number of aliphatic hydroxyl groups is 1. The second-order valence-corrected chi connectivity index (χ2v) is 5.43. The van der Waals surface area contributed by atoms with Gasteiger partial charge in [0.15, 0.2) is 0 Å². The number of fused-ring (bicyclic) bond motifs is 1. The number of hydrogen-bond acceptors (Lipinski definition) is 5. The molecule has 0 unspecified atom stereocenters. The fourth-order valence-corrected chi connectivity index (χ4v) is 2.92. The standard InChI is InChI=1S/C13H19N3O4/c1-6-7(2)15-16(3)10(6)13(18)14-8-4-19-12-9(17)5-20-11(8)12/h8-9,11-12,17H,4-5H2,1-3H3,(H,14,18)/t8-,9-,11+,12+/m0/s1. The number of nitrogens with one attached hydrogen (secondary N) is 1. The van der Waals surface area contributed by atoms with Crippen molar-refractivity contribution in [3.8, 4) is 0 Å². The summed E-state index contributed by atoms with van der Waals surface area (Å²) < 4.78 is 12.6. The molecule has 7 heteroatoms. The number of aryl methyl sites for hydroxylation is 2. The first-order chi connectivity index (χ1) is 9.49. The quantitative estimate of drug-likeness (QED) is 0.748. The summed E-state index contributed by atoms with van der Waals surface area (Å²) in [5.41, 5.74) is 2.25. The van der Waals surface area contributed by atoms with Gasteiger partial charge in [0.1, 0.15) is 24.0 Å². The molecule has 2 fully saturated rings. The molecule has 110 valence electrons. The van der Waals surface area contributed by atoms with E-state index in [0.717, 1.165) is 11.3 Å². The average Bonchev–Trinajstić information content (AvgIpc) is 3.00. The van der Waals surface area contributed by atoms with Gasteiger partial charge in [0, 0.05) is 12.6 Å². The lowest BCUT2D eigenvalue weighted by atomic mass is 10.1. The predicted molar refractivity (Wildman–Crippen MR) is 69.4 cm³/mol. The molecule has 2 saturated heterocycles. The van der Waals surface area contributed by atoms with Crippen LogP contribution in [0.1, 0.15) is 21.7 Å². The van der Waals surface area contributed by atoms with Gasteiger partial charge in [-0.1, -0.05) is 0 Å². The molecule has 2 N–H and O–H groups in total. The van der Waals surface area contributed by atoms with Crippen LogP contribution in [-0.2, 0) is 16.5 Å². The number of rotatable bonds is 2. The van der Waals surface area contributed by atoms with Crippen LogP contribution in [0.15, 0.2) is 0 Å². The molecule has 3 rings (SSSR count). The van der Waals surface area contributed by atoms with Gasteiger partial charge in [-0.15, -0.1) is 0 Å². The summed E-state index contributed by atoms with van der Waals surface area (Å²) in [6.07, 6.45) is -1.22. The summed E-state index contributed by atoms with van der Waals surface area (Å²) in [5, 5.41) is 16.8.